The number of carbonyl (C=O) groups is 1. The van der Waals surface area contributed by atoms with Crippen molar-refractivity contribution in [2.24, 2.45) is 0 Å². The Hall–Kier alpha value is -2.38. The van der Waals surface area contributed by atoms with E-state index in [1.807, 2.05) is 31.2 Å². The van der Waals surface area contributed by atoms with Crippen LogP contribution >= 0.6 is 11.8 Å². The zero-order valence-electron chi connectivity index (χ0n) is 16.3. The van der Waals surface area contributed by atoms with Crippen LogP contribution in [0.15, 0.2) is 53.7 Å². The second-order valence-electron chi connectivity index (χ2n) is 6.55. The molecule has 0 aliphatic carbocycles. The van der Waals surface area contributed by atoms with E-state index in [2.05, 4.69) is 9.55 Å². The Morgan fingerprint density at radius 3 is 2.68 bits per heavy atom. The van der Waals surface area contributed by atoms with Crippen LogP contribution < -0.4 is 0 Å². The van der Waals surface area contributed by atoms with Crippen molar-refractivity contribution in [2.75, 3.05) is 26.5 Å². The first-order valence-electron chi connectivity index (χ1n) is 9.09. The van der Waals surface area contributed by atoms with Gasteiger partial charge in [0, 0.05) is 20.7 Å². The van der Waals surface area contributed by atoms with Crippen LogP contribution in [0.4, 0.5) is 4.39 Å². The number of benzene rings is 2. The maximum absolute atomic E-state index is 13.1. The quantitative estimate of drug-likeness (QED) is 0.533. The second kappa shape index (κ2) is 9.21. The van der Waals surface area contributed by atoms with Crippen LogP contribution in [-0.4, -0.2) is 46.9 Å². The zero-order valence-corrected chi connectivity index (χ0v) is 17.1. The molecule has 0 aliphatic rings. The molecule has 0 N–H and O–H groups in total. The van der Waals surface area contributed by atoms with Crippen LogP contribution in [0, 0.1) is 5.82 Å². The van der Waals surface area contributed by atoms with E-state index in [1.165, 1.54) is 23.9 Å². The summed E-state index contributed by atoms with van der Waals surface area (Å²) >= 11 is 1.42. The average molecular weight is 402 g/mol. The Labute approximate surface area is 168 Å². The molecule has 0 bridgehead atoms. The van der Waals surface area contributed by atoms with Crippen LogP contribution in [0.25, 0.3) is 11.0 Å². The number of hydrogen-bond acceptors (Lipinski definition) is 4. The van der Waals surface area contributed by atoms with Crippen molar-refractivity contribution < 1.29 is 13.9 Å². The van der Waals surface area contributed by atoms with E-state index in [9.17, 15) is 9.18 Å². The fraction of sp³-hybridized carbons (Fsp3) is 0.333. The summed E-state index contributed by atoms with van der Waals surface area (Å²) in [5.74, 6) is -0.0131. The van der Waals surface area contributed by atoms with Gasteiger partial charge in [-0.25, -0.2) is 9.37 Å². The van der Waals surface area contributed by atoms with E-state index in [0.29, 0.717) is 13.2 Å². The molecule has 1 aromatic heterocycles. The molecule has 0 saturated heterocycles. The molecule has 0 aliphatic heterocycles. The van der Waals surface area contributed by atoms with E-state index in [0.717, 1.165) is 21.8 Å². The predicted octanol–water partition coefficient (Wildman–Crippen LogP) is 4.13. The topological polar surface area (TPSA) is 47.4 Å². The first-order chi connectivity index (χ1) is 13.5. The number of rotatable bonds is 8. The number of nitrogens with zero attached hydrogens (tertiary/aromatic N) is 3. The number of thioether (sulfide) groups is 1. The second-order valence-corrected chi connectivity index (χ2v) is 7.49. The molecular formula is C21H24FN3O2S. The van der Waals surface area contributed by atoms with Gasteiger partial charge in [0.2, 0.25) is 5.91 Å². The molecule has 1 unspecified atom stereocenters. The van der Waals surface area contributed by atoms with Crippen LogP contribution in [0.5, 0.6) is 0 Å². The monoisotopic (exact) mass is 401 g/mol. The van der Waals surface area contributed by atoms with Gasteiger partial charge in [-0.05, 0) is 36.8 Å². The third kappa shape index (κ3) is 4.54. The molecule has 0 fully saturated rings. The Bertz CT molecular complexity index is 942. The van der Waals surface area contributed by atoms with Crippen LogP contribution in [0.2, 0.25) is 0 Å². The van der Waals surface area contributed by atoms with E-state index >= 15 is 0 Å². The normalized spacial score (nSPS) is 12.3. The fourth-order valence-corrected chi connectivity index (χ4v) is 3.94. The Morgan fingerprint density at radius 1 is 1.25 bits per heavy atom. The summed E-state index contributed by atoms with van der Waals surface area (Å²) < 4.78 is 20.4. The Kier molecular flexibility index (Phi) is 6.70. The van der Waals surface area contributed by atoms with Crippen molar-refractivity contribution in [3.8, 4) is 0 Å². The van der Waals surface area contributed by atoms with Gasteiger partial charge in [-0.3, -0.25) is 4.79 Å². The summed E-state index contributed by atoms with van der Waals surface area (Å²) in [7, 11) is 3.44. The average Bonchev–Trinajstić information content (AvgIpc) is 3.07. The van der Waals surface area contributed by atoms with Gasteiger partial charge >= 0.3 is 0 Å². The van der Waals surface area contributed by atoms with E-state index in [4.69, 9.17) is 4.74 Å². The lowest BCUT2D eigenvalue weighted by Gasteiger charge is -2.25. The van der Waals surface area contributed by atoms with Crippen LogP contribution in [-0.2, 0) is 16.1 Å². The minimum atomic E-state index is -0.282. The molecule has 148 valence electrons. The molecule has 7 heteroatoms. The van der Waals surface area contributed by atoms with E-state index < -0.39 is 0 Å². The highest BCUT2D eigenvalue weighted by atomic mass is 32.2. The lowest BCUT2D eigenvalue weighted by molar-refractivity contribution is -0.128. The summed E-state index contributed by atoms with van der Waals surface area (Å²) in [6.45, 7) is 3.18. The summed E-state index contributed by atoms with van der Waals surface area (Å²) in [4.78, 5) is 19.1. The van der Waals surface area contributed by atoms with E-state index in [1.54, 1.807) is 31.2 Å². The first-order valence-corrected chi connectivity index (χ1v) is 10.1. The van der Waals surface area contributed by atoms with Crippen LogP contribution in [0.3, 0.4) is 0 Å². The molecule has 0 saturated carbocycles. The smallest absolute Gasteiger partial charge is 0.233 e. The molecule has 1 atom stereocenters. The third-order valence-corrected chi connectivity index (χ3v) is 5.75. The van der Waals surface area contributed by atoms with Crippen molar-refractivity contribution in [2.45, 2.75) is 24.7 Å². The zero-order chi connectivity index (χ0) is 20.1. The van der Waals surface area contributed by atoms with Gasteiger partial charge < -0.3 is 14.2 Å². The molecule has 1 amide bonds. The molecule has 1 heterocycles. The third-order valence-electron chi connectivity index (χ3n) is 4.79. The first kappa shape index (κ1) is 20.4. The van der Waals surface area contributed by atoms with Gasteiger partial charge in [0.25, 0.3) is 0 Å². The van der Waals surface area contributed by atoms with Gasteiger partial charge in [-0.2, -0.15) is 0 Å². The highest BCUT2D eigenvalue weighted by Crippen LogP contribution is 2.26. The van der Waals surface area contributed by atoms with Gasteiger partial charge in [-0.15, -0.1) is 0 Å². The standard InChI is InChI=1S/C21H24FN3O2S/c1-15(16-8-10-17(22)11-9-16)24(2)20(26)14-28-21-23-18-6-4-5-7-19(18)25(21)12-13-27-3/h4-11,15H,12-14H2,1-3H3. The molecule has 5 nitrogen and oxygen atoms in total. The molecule has 3 aromatic rings. The summed E-state index contributed by atoms with van der Waals surface area (Å²) in [5, 5.41) is 0.800. The molecule has 0 radical (unpaired) electrons. The molecular weight excluding hydrogens is 377 g/mol. The molecule has 2 aromatic carbocycles. The van der Waals surface area contributed by atoms with Gasteiger partial charge in [-0.1, -0.05) is 36.0 Å². The molecule has 0 spiro atoms. The van der Waals surface area contributed by atoms with E-state index in [-0.39, 0.29) is 23.5 Å². The number of ether oxygens (including phenoxy) is 1. The van der Waals surface area contributed by atoms with Crippen molar-refractivity contribution >= 4 is 28.7 Å². The van der Waals surface area contributed by atoms with Crippen LogP contribution in [0.1, 0.15) is 18.5 Å². The number of imidazole rings is 1. The fourth-order valence-electron chi connectivity index (χ4n) is 2.97. The van der Waals surface area contributed by atoms with Crippen molar-refractivity contribution in [1.82, 2.24) is 14.5 Å². The predicted molar refractivity (Wildman–Crippen MR) is 110 cm³/mol. The number of amides is 1. The van der Waals surface area contributed by atoms with Gasteiger partial charge in [0.1, 0.15) is 5.82 Å². The number of halogens is 1. The number of fused-ring (bicyclic) bond motifs is 1. The lowest BCUT2D eigenvalue weighted by Crippen LogP contribution is -2.31. The van der Waals surface area contributed by atoms with Crippen molar-refractivity contribution in [1.29, 1.82) is 0 Å². The molecule has 28 heavy (non-hydrogen) atoms. The maximum Gasteiger partial charge on any atom is 0.233 e. The highest BCUT2D eigenvalue weighted by molar-refractivity contribution is 7.99. The Morgan fingerprint density at radius 2 is 1.96 bits per heavy atom. The van der Waals surface area contributed by atoms with Crippen molar-refractivity contribution in [3.63, 3.8) is 0 Å². The minimum Gasteiger partial charge on any atom is -0.383 e. The number of para-hydroxylation sites is 2. The van der Waals surface area contributed by atoms with Gasteiger partial charge in [0.15, 0.2) is 5.16 Å². The Balaban J connectivity index is 1.70. The number of aromatic nitrogens is 2. The largest absolute Gasteiger partial charge is 0.383 e. The number of carbonyl (C=O) groups excluding carboxylic acids is 1. The highest BCUT2D eigenvalue weighted by Gasteiger charge is 2.19. The SMILES string of the molecule is COCCn1c(SCC(=O)N(C)C(C)c2ccc(F)cc2)nc2ccccc21. The number of methoxy groups -OCH3 is 1. The maximum atomic E-state index is 13.1. The van der Waals surface area contributed by atoms with Crippen molar-refractivity contribution in [3.05, 3.63) is 59.9 Å². The van der Waals surface area contributed by atoms with Gasteiger partial charge in [0.05, 0.1) is 29.4 Å². The molecule has 3 rings (SSSR count). The lowest BCUT2D eigenvalue weighted by atomic mass is 10.1. The minimum absolute atomic E-state index is 0.00725. The summed E-state index contributed by atoms with van der Waals surface area (Å²) in [6.07, 6.45) is 0. The summed E-state index contributed by atoms with van der Waals surface area (Å²) in [5.41, 5.74) is 2.83. The number of hydrogen-bond donors (Lipinski definition) is 0. The summed E-state index contributed by atoms with van der Waals surface area (Å²) in [6, 6.07) is 14.0.